The average Bonchev–Trinajstić information content (AvgIpc) is 3.26. The molecule has 0 amide bonds. The standard InChI is InChI=1S/C27H32Cl2FN7O3S/c1-14-24(29)23(19(28)9-32-14)15(2)40-22-5-18-21(6-20(22)30)34-35-25(18)17-4-16(7-31)26(33-8-17)36-10-27(11-36)12-37(13-27)41(3,38)39/h4,8-9,15,18,20-22,25,34-35H,5-6,10-13H2,1-3H3/t15-,18?,20?,21?,22?,25?/m1/s1. The van der Waals surface area contributed by atoms with E-state index in [9.17, 15) is 13.7 Å². The van der Waals surface area contributed by atoms with Crippen LogP contribution in [-0.4, -0.2) is 73.4 Å². The number of alkyl halides is 1. The van der Waals surface area contributed by atoms with Gasteiger partial charge in [0.1, 0.15) is 18.1 Å². The third-order valence-corrected chi connectivity index (χ3v) is 10.9. The lowest BCUT2D eigenvalue weighted by atomic mass is 9.74. The van der Waals surface area contributed by atoms with E-state index in [0.717, 1.165) is 5.56 Å². The Morgan fingerprint density at radius 3 is 2.61 bits per heavy atom. The summed E-state index contributed by atoms with van der Waals surface area (Å²) in [7, 11) is -3.18. The van der Waals surface area contributed by atoms with Crippen molar-refractivity contribution in [3.8, 4) is 6.07 Å². The average molecular weight is 625 g/mol. The second kappa shape index (κ2) is 10.6. The third kappa shape index (κ3) is 5.20. The van der Waals surface area contributed by atoms with Crippen LogP contribution in [0, 0.1) is 29.6 Å². The Bertz CT molecular complexity index is 1510. The number of aromatic nitrogens is 2. The first kappa shape index (κ1) is 29.0. The summed E-state index contributed by atoms with van der Waals surface area (Å²) in [6, 6.07) is 3.84. The molecule has 1 spiro atoms. The number of pyridine rings is 2. The van der Waals surface area contributed by atoms with Gasteiger partial charge in [-0.1, -0.05) is 23.2 Å². The van der Waals surface area contributed by atoms with Crippen molar-refractivity contribution in [1.82, 2.24) is 25.1 Å². The zero-order valence-electron chi connectivity index (χ0n) is 22.9. The van der Waals surface area contributed by atoms with Crippen LogP contribution in [0.1, 0.15) is 54.3 Å². The van der Waals surface area contributed by atoms with E-state index in [0.29, 0.717) is 65.3 Å². The highest BCUT2D eigenvalue weighted by Crippen LogP contribution is 2.45. The molecule has 1 saturated carbocycles. The van der Waals surface area contributed by atoms with E-state index >= 15 is 4.39 Å². The lowest BCUT2D eigenvalue weighted by molar-refractivity contribution is -0.0783. The molecule has 0 aromatic carbocycles. The maximum absolute atomic E-state index is 15.3. The number of fused-ring (bicyclic) bond motifs is 1. The second-order valence-electron chi connectivity index (χ2n) is 11.9. The van der Waals surface area contributed by atoms with Crippen molar-refractivity contribution in [2.24, 2.45) is 11.3 Å². The molecule has 41 heavy (non-hydrogen) atoms. The monoisotopic (exact) mass is 623 g/mol. The molecule has 14 heteroatoms. The molecule has 220 valence electrons. The fourth-order valence-electron chi connectivity index (χ4n) is 6.77. The highest BCUT2D eigenvalue weighted by Gasteiger charge is 2.55. The molecule has 4 fully saturated rings. The molecule has 0 bridgehead atoms. The van der Waals surface area contributed by atoms with Gasteiger partial charge in [0.15, 0.2) is 0 Å². The maximum Gasteiger partial charge on any atom is 0.211 e. The van der Waals surface area contributed by atoms with Gasteiger partial charge >= 0.3 is 0 Å². The molecule has 2 aromatic heterocycles. The Morgan fingerprint density at radius 2 is 1.93 bits per heavy atom. The van der Waals surface area contributed by atoms with Crippen LogP contribution in [0.4, 0.5) is 10.2 Å². The van der Waals surface area contributed by atoms with Crippen LogP contribution in [0.3, 0.4) is 0 Å². The summed E-state index contributed by atoms with van der Waals surface area (Å²) in [4.78, 5) is 10.9. The molecule has 2 aromatic rings. The Morgan fingerprint density at radius 1 is 1.20 bits per heavy atom. The minimum absolute atomic E-state index is 0.00717. The predicted molar refractivity (Wildman–Crippen MR) is 153 cm³/mol. The van der Waals surface area contributed by atoms with Crippen molar-refractivity contribution in [3.63, 3.8) is 0 Å². The van der Waals surface area contributed by atoms with Gasteiger partial charge < -0.3 is 9.64 Å². The van der Waals surface area contributed by atoms with Gasteiger partial charge in [-0.25, -0.2) is 27.5 Å². The van der Waals surface area contributed by atoms with Crippen molar-refractivity contribution < 1.29 is 17.5 Å². The third-order valence-electron chi connectivity index (χ3n) is 8.94. The number of aryl methyl sites for hydroxylation is 1. The molecule has 0 radical (unpaired) electrons. The largest absolute Gasteiger partial charge is 0.367 e. The van der Waals surface area contributed by atoms with Crippen molar-refractivity contribution >= 4 is 39.0 Å². The van der Waals surface area contributed by atoms with Gasteiger partial charge in [-0.3, -0.25) is 10.4 Å². The first-order valence-electron chi connectivity index (χ1n) is 13.6. The van der Waals surface area contributed by atoms with Crippen LogP contribution in [0.25, 0.3) is 0 Å². The van der Waals surface area contributed by atoms with E-state index < -0.39 is 28.4 Å². The fraction of sp³-hybridized carbons (Fsp3) is 0.593. The Labute approximate surface area is 249 Å². The number of anilines is 1. The summed E-state index contributed by atoms with van der Waals surface area (Å²) in [5, 5.41) is 10.8. The van der Waals surface area contributed by atoms with Crippen molar-refractivity contribution in [2.45, 2.75) is 57.2 Å². The van der Waals surface area contributed by atoms with E-state index in [1.807, 2.05) is 17.9 Å². The summed E-state index contributed by atoms with van der Waals surface area (Å²) in [5.74, 6) is 0.610. The van der Waals surface area contributed by atoms with Gasteiger partial charge in [-0.2, -0.15) is 5.26 Å². The van der Waals surface area contributed by atoms with E-state index in [2.05, 4.69) is 26.9 Å². The smallest absolute Gasteiger partial charge is 0.211 e. The molecular weight excluding hydrogens is 592 g/mol. The molecule has 3 saturated heterocycles. The fourth-order valence-corrected chi connectivity index (χ4v) is 8.44. The van der Waals surface area contributed by atoms with Gasteiger partial charge in [0.05, 0.1) is 45.8 Å². The molecule has 1 aliphatic carbocycles. The van der Waals surface area contributed by atoms with Crippen LogP contribution in [0.2, 0.25) is 10.0 Å². The quantitative estimate of drug-likeness (QED) is 0.498. The first-order valence-corrected chi connectivity index (χ1v) is 16.2. The molecule has 5 unspecified atom stereocenters. The van der Waals surface area contributed by atoms with Gasteiger partial charge in [0.2, 0.25) is 10.0 Å². The Kier molecular flexibility index (Phi) is 7.46. The second-order valence-corrected chi connectivity index (χ2v) is 14.7. The summed E-state index contributed by atoms with van der Waals surface area (Å²) >= 11 is 12.8. The number of nitrogens with one attached hydrogen (secondary N) is 2. The molecule has 10 nitrogen and oxygen atoms in total. The summed E-state index contributed by atoms with van der Waals surface area (Å²) in [6.45, 7) is 5.92. The van der Waals surface area contributed by atoms with E-state index in [1.165, 1.54) is 16.8 Å². The van der Waals surface area contributed by atoms with Gasteiger partial charge in [0.25, 0.3) is 0 Å². The van der Waals surface area contributed by atoms with Gasteiger partial charge in [-0.15, -0.1) is 0 Å². The number of hydrazine groups is 1. The normalized spacial score (nSPS) is 29.9. The van der Waals surface area contributed by atoms with E-state index in [4.69, 9.17) is 27.9 Å². The van der Waals surface area contributed by atoms with Gasteiger partial charge in [0, 0.05) is 55.6 Å². The lowest BCUT2D eigenvalue weighted by Gasteiger charge is -2.59. The van der Waals surface area contributed by atoms with Crippen LogP contribution in [0.5, 0.6) is 0 Å². The zero-order valence-corrected chi connectivity index (χ0v) is 25.3. The summed E-state index contributed by atoms with van der Waals surface area (Å²) < 4.78 is 46.5. The topological polar surface area (TPSA) is 123 Å². The SMILES string of the molecule is Cc1ncc(Cl)c([C@@H](C)OC2CC3C(CC2F)NNC3c2cnc(N3CC4(C3)CN(S(C)(=O)=O)C4)c(C#N)c2)c1Cl. The first-order chi connectivity index (χ1) is 19.4. The lowest BCUT2D eigenvalue weighted by Crippen LogP contribution is -2.73. The number of sulfonamides is 1. The van der Waals surface area contributed by atoms with Crippen LogP contribution >= 0.6 is 23.2 Å². The molecule has 6 rings (SSSR count). The highest BCUT2D eigenvalue weighted by molar-refractivity contribution is 7.88. The predicted octanol–water partition coefficient (Wildman–Crippen LogP) is 3.46. The minimum Gasteiger partial charge on any atom is -0.367 e. The van der Waals surface area contributed by atoms with Crippen LogP contribution in [-0.2, 0) is 14.8 Å². The number of ether oxygens (including phenoxy) is 1. The Hall–Kier alpha value is -2.11. The summed E-state index contributed by atoms with van der Waals surface area (Å²) in [5.41, 5.74) is 9.00. The van der Waals surface area contributed by atoms with Crippen molar-refractivity contribution in [2.75, 3.05) is 37.3 Å². The molecule has 2 N–H and O–H groups in total. The molecule has 3 aliphatic heterocycles. The number of hydrogen-bond acceptors (Lipinski definition) is 9. The molecule has 4 aliphatic rings. The van der Waals surface area contributed by atoms with Crippen molar-refractivity contribution in [1.29, 1.82) is 5.26 Å². The number of hydrogen-bond donors (Lipinski definition) is 2. The maximum atomic E-state index is 15.3. The van der Waals surface area contributed by atoms with Gasteiger partial charge in [-0.05, 0) is 44.2 Å². The summed E-state index contributed by atoms with van der Waals surface area (Å²) in [6.07, 6.45) is 2.89. The number of rotatable bonds is 6. The van der Waals surface area contributed by atoms with Crippen LogP contribution in [0.15, 0.2) is 18.5 Å². The molecular formula is C27H32Cl2FN7O3S. The van der Waals surface area contributed by atoms with Crippen LogP contribution < -0.4 is 15.8 Å². The van der Waals surface area contributed by atoms with Crippen molar-refractivity contribution in [3.05, 3.63) is 50.9 Å². The number of nitrogens with zero attached hydrogens (tertiary/aromatic N) is 5. The molecule has 6 atom stereocenters. The molecule has 5 heterocycles. The minimum atomic E-state index is -3.18. The number of halogens is 3. The highest BCUT2D eigenvalue weighted by atomic mass is 35.5. The zero-order chi connectivity index (χ0) is 29.3. The van der Waals surface area contributed by atoms with E-state index in [1.54, 1.807) is 13.1 Å². The Balaban J connectivity index is 1.15. The number of nitriles is 1. The van der Waals surface area contributed by atoms with E-state index in [-0.39, 0.29) is 29.8 Å².